The number of carbonyl (C=O) groups excluding carboxylic acids is 1. The molecule has 1 saturated heterocycles. The van der Waals surface area contributed by atoms with E-state index in [1.165, 1.54) is 17.2 Å². The molecule has 3 aromatic rings. The molecule has 172 valence electrons. The molecule has 2 aliphatic heterocycles. The lowest BCUT2D eigenvalue weighted by Gasteiger charge is -2.41. The molecule has 0 aliphatic carbocycles. The summed E-state index contributed by atoms with van der Waals surface area (Å²) in [5, 5.41) is 1.61. The normalized spacial score (nSPS) is 21.2. The summed E-state index contributed by atoms with van der Waals surface area (Å²) in [6.45, 7) is 6.64. The van der Waals surface area contributed by atoms with Gasteiger partial charge in [-0.25, -0.2) is 4.39 Å². The van der Waals surface area contributed by atoms with E-state index in [2.05, 4.69) is 22.8 Å². The molecule has 33 heavy (non-hydrogen) atoms. The SMILES string of the molecule is C[C@@H]1CN(c2ccc3cccc(F)c3c2)CCN1CC[C@@H]1OCCc2cc(C(N)=O)ccc21. The van der Waals surface area contributed by atoms with E-state index in [4.69, 9.17) is 10.5 Å². The van der Waals surface area contributed by atoms with Crippen molar-refractivity contribution < 1.29 is 13.9 Å². The molecule has 0 bridgehead atoms. The summed E-state index contributed by atoms with van der Waals surface area (Å²) in [5.74, 6) is -0.557. The second kappa shape index (κ2) is 9.12. The summed E-state index contributed by atoms with van der Waals surface area (Å²) >= 11 is 0. The van der Waals surface area contributed by atoms with Crippen molar-refractivity contribution in [1.82, 2.24) is 4.90 Å². The highest BCUT2D eigenvalue weighted by Gasteiger charge is 2.27. The molecule has 0 aromatic heterocycles. The van der Waals surface area contributed by atoms with E-state index in [0.717, 1.165) is 50.1 Å². The Bertz CT molecular complexity index is 1180. The Kier molecular flexibility index (Phi) is 6.04. The van der Waals surface area contributed by atoms with Gasteiger partial charge in [-0.05, 0) is 66.6 Å². The number of hydrogen-bond acceptors (Lipinski definition) is 4. The number of ether oxygens (including phenoxy) is 1. The Balaban J connectivity index is 1.22. The molecule has 0 radical (unpaired) electrons. The Morgan fingerprint density at radius 1 is 1.15 bits per heavy atom. The van der Waals surface area contributed by atoms with Gasteiger partial charge in [0.05, 0.1) is 12.7 Å². The van der Waals surface area contributed by atoms with E-state index >= 15 is 0 Å². The molecule has 2 aliphatic rings. The Labute approximate surface area is 193 Å². The van der Waals surface area contributed by atoms with Gasteiger partial charge >= 0.3 is 0 Å². The maximum absolute atomic E-state index is 14.3. The van der Waals surface area contributed by atoms with Crippen LogP contribution >= 0.6 is 0 Å². The highest BCUT2D eigenvalue weighted by molar-refractivity contribution is 5.93. The van der Waals surface area contributed by atoms with E-state index in [9.17, 15) is 9.18 Å². The van der Waals surface area contributed by atoms with Crippen LogP contribution in [0.25, 0.3) is 10.8 Å². The molecule has 5 rings (SSSR count). The van der Waals surface area contributed by atoms with Gasteiger partial charge in [-0.1, -0.05) is 24.3 Å². The zero-order valence-electron chi connectivity index (χ0n) is 19.0. The Hall–Kier alpha value is -2.96. The first kappa shape index (κ1) is 21.9. The Morgan fingerprint density at radius 3 is 2.85 bits per heavy atom. The molecule has 0 unspecified atom stereocenters. The summed E-state index contributed by atoms with van der Waals surface area (Å²) in [6, 6.07) is 17.4. The largest absolute Gasteiger partial charge is 0.373 e. The molecule has 2 atom stereocenters. The van der Waals surface area contributed by atoms with Crippen LogP contribution in [-0.4, -0.2) is 49.6 Å². The standard InChI is InChI=1S/C27H30FN3O2/c1-18-17-31(22-7-5-19-3-2-4-25(28)24(19)16-22)13-12-30(18)11-9-26-23-8-6-21(27(29)32)15-20(23)10-14-33-26/h2-8,15-16,18,26H,9-14,17H2,1H3,(H2,29,32)/t18-,26+/m1/s1. The van der Waals surface area contributed by atoms with Crippen molar-refractivity contribution in [1.29, 1.82) is 0 Å². The van der Waals surface area contributed by atoms with Gasteiger partial charge in [0.25, 0.3) is 0 Å². The summed E-state index contributed by atoms with van der Waals surface area (Å²) in [6.07, 6.45) is 1.77. The van der Waals surface area contributed by atoms with E-state index in [-0.39, 0.29) is 17.8 Å². The smallest absolute Gasteiger partial charge is 0.248 e. The van der Waals surface area contributed by atoms with Crippen molar-refractivity contribution in [3.05, 3.63) is 77.1 Å². The number of nitrogens with zero attached hydrogens (tertiary/aromatic N) is 2. The number of halogens is 1. The molecule has 2 N–H and O–H groups in total. The highest BCUT2D eigenvalue weighted by atomic mass is 19.1. The third-order valence-corrected chi connectivity index (χ3v) is 7.09. The van der Waals surface area contributed by atoms with Gasteiger partial charge in [0.15, 0.2) is 0 Å². The molecular weight excluding hydrogens is 417 g/mol. The van der Waals surface area contributed by atoms with Crippen molar-refractivity contribution in [2.24, 2.45) is 5.73 Å². The van der Waals surface area contributed by atoms with Crippen LogP contribution in [0.1, 0.15) is 40.9 Å². The molecule has 3 aromatic carbocycles. The molecule has 5 nitrogen and oxygen atoms in total. The lowest BCUT2D eigenvalue weighted by molar-refractivity contribution is 0.0255. The molecule has 1 amide bonds. The fourth-order valence-corrected chi connectivity index (χ4v) is 5.19. The minimum atomic E-state index is -0.387. The summed E-state index contributed by atoms with van der Waals surface area (Å²) in [4.78, 5) is 16.4. The molecule has 0 spiro atoms. The summed E-state index contributed by atoms with van der Waals surface area (Å²) in [7, 11) is 0. The molecule has 0 saturated carbocycles. The predicted molar refractivity (Wildman–Crippen MR) is 129 cm³/mol. The van der Waals surface area contributed by atoms with Gasteiger partial charge in [0, 0.05) is 48.9 Å². The number of nitrogens with two attached hydrogens (primary N) is 1. The first-order valence-electron chi connectivity index (χ1n) is 11.7. The van der Waals surface area contributed by atoms with Crippen LogP contribution in [0.15, 0.2) is 54.6 Å². The highest BCUT2D eigenvalue weighted by Crippen LogP contribution is 2.31. The van der Waals surface area contributed by atoms with Crippen molar-refractivity contribution in [3.63, 3.8) is 0 Å². The average molecular weight is 448 g/mol. The van der Waals surface area contributed by atoms with Crippen molar-refractivity contribution >= 4 is 22.4 Å². The number of rotatable bonds is 5. The van der Waals surface area contributed by atoms with E-state index in [1.54, 1.807) is 12.1 Å². The van der Waals surface area contributed by atoms with Gasteiger partial charge in [0.2, 0.25) is 5.91 Å². The van der Waals surface area contributed by atoms with Gasteiger partial charge in [-0.3, -0.25) is 9.69 Å². The van der Waals surface area contributed by atoms with E-state index in [1.807, 2.05) is 30.3 Å². The third-order valence-electron chi connectivity index (χ3n) is 7.09. The lowest BCUT2D eigenvalue weighted by atomic mass is 9.93. The number of piperazine rings is 1. The molecule has 1 fully saturated rings. The maximum atomic E-state index is 14.3. The number of primary amides is 1. The van der Waals surface area contributed by atoms with Crippen molar-refractivity contribution in [2.45, 2.75) is 31.9 Å². The van der Waals surface area contributed by atoms with Gasteiger partial charge < -0.3 is 15.4 Å². The number of anilines is 1. The quantitative estimate of drug-likeness (QED) is 0.634. The van der Waals surface area contributed by atoms with Crippen LogP contribution in [0.5, 0.6) is 0 Å². The first-order chi connectivity index (χ1) is 16.0. The number of benzene rings is 3. The third kappa shape index (κ3) is 4.45. The fourth-order valence-electron chi connectivity index (χ4n) is 5.19. The molecule has 6 heteroatoms. The van der Waals surface area contributed by atoms with Crippen LogP contribution in [0.2, 0.25) is 0 Å². The fraction of sp³-hybridized carbons (Fsp3) is 0.370. The predicted octanol–water partition coefficient (Wildman–Crippen LogP) is 4.29. The van der Waals surface area contributed by atoms with Gasteiger partial charge in [0.1, 0.15) is 5.82 Å². The number of amides is 1. The van der Waals surface area contributed by atoms with Gasteiger partial charge in [-0.2, -0.15) is 0 Å². The lowest BCUT2D eigenvalue weighted by Crippen LogP contribution is -2.52. The monoisotopic (exact) mass is 447 g/mol. The first-order valence-corrected chi connectivity index (χ1v) is 11.7. The van der Waals surface area contributed by atoms with Crippen LogP contribution < -0.4 is 10.6 Å². The van der Waals surface area contributed by atoms with Crippen molar-refractivity contribution in [2.75, 3.05) is 37.7 Å². The maximum Gasteiger partial charge on any atom is 0.248 e. The minimum absolute atomic E-state index is 0.0457. The second-order valence-corrected chi connectivity index (χ2v) is 9.15. The minimum Gasteiger partial charge on any atom is -0.373 e. The van der Waals surface area contributed by atoms with Crippen LogP contribution in [0.4, 0.5) is 10.1 Å². The zero-order valence-corrected chi connectivity index (χ0v) is 19.0. The van der Waals surface area contributed by atoms with E-state index in [0.29, 0.717) is 23.6 Å². The topological polar surface area (TPSA) is 58.8 Å². The average Bonchev–Trinajstić information content (AvgIpc) is 2.83. The summed E-state index contributed by atoms with van der Waals surface area (Å²) < 4.78 is 20.3. The number of hydrogen-bond donors (Lipinski definition) is 1. The van der Waals surface area contributed by atoms with E-state index < -0.39 is 0 Å². The van der Waals surface area contributed by atoms with Crippen molar-refractivity contribution in [3.8, 4) is 0 Å². The molecule has 2 heterocycles. The van der Waals surface area contributed by atoms with Crippen LogP contribution in [0.3, 0.4) is 0 Å². The molecular formula is C27H30FN3O2. The number of carbonyl (C=O) groups is 1. The van der Waals surface area contributed by atoms with Crippen LogP contribution in [-0.2, 0) is 11.2 Å². The zero-order chi connectivity index (χ0) is 22.9. The Morgan fingerprint density at radius 2 is 2.03 bits per heavy atom. The number of fused-ring (bicyclic) bond motifs is 2. The van der Waals surface area contributed by atoms with Crippen LogP contribution in [0, 0.1) is 5.82 Å². The van der Waals surface area contributed by atoms with Gasteiger partial charge in [-0.15, -0.1) is 0 Å². The summed E-state index contributed by atoms with van der Waals surface area (Å²) in [5.41, 5.74) is 9.43. The second-order valence-electron chi connectivity index (χ2n) is 9.15.